The van der Waals surface area contributed by atoms with Crippen molar-refractivity contribution in [1.29, 1.82) is 5.26 Å². The first-order valence-electron chi connectivity index (χ1n) is 6.28. The van der Waals surface area contributed by atoms with Gasteiger partial charge in [-0.15, -0.1) is 0 Å². The third-order valence-corrected chi connectivity index (χ3v) is 3.04. The van der Waals surface area contributed by atoms with Crippen molar-refractivity contribution in [2.75, 3.05) is 11.9 Å². The van der Waals surface area contributed by atoms with Gasteiger partial charge in [0.2, 0.25) is 0 Å². The van der Waals surface area contributed by atoms with Gasteiger partial charge in [-0.3, -0.25) is 0 Å². The molecule has 0 unspecified atom stereocenters. The predicted molar refractivity (Wildman–Crippen MR) is 70.1 cm³/mol. The molecule has 1 aromatic carbocycles. The van der Waals surface area contributed by atoms with E-state index in [1.807, 2.05) is 13.8 Å². The van der Waals surface area contributed by atoms with Crippen molar-refractivity contribution in [3.63, 3.8) is 0 Å². The number of alkyl halides is 3. The highest BCUT2D eigenvalue weighted by molar-refractivity contribution is 5.53. The molecule has 0 saturated heterocycles. The number of hydrogen-bond donors (Lipinski definition) is 2. The first-order chi connectivity index (χ1) is 9.29. The minimum absolute atomic E-state index is 0.0434. The number of nitrogens with zero attached hydrogens (tertiary/aromatic N) is 1. The molecule has 0 fully saturated rings. The molecule has 1 rings (SSSR count). The van der Waals surface area contributed by atoms with Crippen molar-refractivity contribution in [2.24, 2.45) is 5.92 Å². The van der Waals surface area contributed by atoms with E-state index in [-0.39, 0.29) is 18.6 Å². The van der Waals surface area contributed by atoms with Gasteiger partial charge < -0.3 is 10.4 Å². The van der Waals surface area contributed by atoms with Gasteiger partial charge in [-0.1, -0.05) is 13.8 Å². The van der Waals surface area contributed by atoms with Crippen LogP contribution in [0.5, 0.6) is 0 Å². The predicted octanol–water partition coefficient (Wildman–Crippen LogP) is 3.40. The molecule has 0 saturated carbocycles. The molecular weight excluding hydrogens is 269 g/mol. The van der Waals surface area contributed by atoms with Gasteiger partial charge in [0, 0.05) is 18.3 Å². The minimum Gasteiger partial charge on any atom is -0.396 e. The summed E-state index contributed by atoms with van der Waals surface area (Å²) >= 11 is 0. The zero-order valence-corrected chi connectivity index (χ0v) is 11.3. The highest BCUT2D eigenvalue weighted by atomic mass is 19.4. The van der Waals surface area contributed by atoms with Gasteiger partial charge in [0.25, 0.3) is 0 Å². The average molecular weight is 286 g/mol. The lowest BCUT2D eigenvalue weighted by Crippen LogP contribution is -2.27. The molecule has 0 amide bonds. The van der Waals surface area contributed by atoms with Crippen molar-refractivity contribution < 1.29 is 18.3 Å². The maximum atomic E-state index is 12.8. The third kappa shape index (κ3) is 4.14. The summed E-state index contributed by atoms with van der Waals surface area (Å²) in [6, 6.07) is 4.95. The summed E-state index contributed by atoms with van der Waals surface area (Å²) in [5.41, 5.74) is -1.05. The Labute approximate surface area is 116 Å². The van der Waals surface area contributed by atoms with Crippen LogP contribution in [0, 0.1) is 17.2 Å². The maximum Gasteiger partial charge on any atom is 0.417 e. The zero-order valence-electron chi connectivity index (χ0n) is 11.3. The van der Waals surface area contributed by atoms with Crippen LogP contribution < -0.4 is 5.32 Å². The van der Waals surface area contributed by atoms with Crippen LogP contribution in [0.3, 0.4) is 0 Å². The van der Waals surface area contributed by atoms with Crippen molar-refractivity contribution in [3.8, 4) is 6.07 Å². The van der Waals surface area contributed by atoms with E-state index in [9.17, 15) is 13.2 Å². The fourth-order valence-electron chi connectivity index (χ4n) is 1.89. The number of nitrogens with one attached hydrogen (secondary N) is 1. The lowest BCUT2D eigenvalue weighted by molar-refractivity contribution is -0.137. The summed E-state index contributed by atoms with van der Waals surface area (Å²) in [4.78, 5) is 0. The van der Waals surface area contributed by atoms with E-state index >= 15 is 0 Å². The van der Waals surface area contributed by atoms with Crippen LogP contribution in [-0.2, 0) is 6.18 Å². The summed E-state index contributed by atoms with van der Waals surface area (Å²) in [6.45, 7) is 3.79. The molecule has 6 heteroatoms. The normalized spacial score (nSPS) is 13.1. The topological polar surface area (TPSA) is 56.0 Å². The Kier molecular flexibility index (Phi) is 5.40. The smallest absolute Gasteiger partial charge is 0.396 e. The molecule has 0 heterocycles. The molecule has 2 N–H and O–H groups in total. The van der Waals surface area contributed by atoms with Crippen LogP contribution in [0.25, 0.3) is 0 Å². The first-order valence-corrected chi connectivity index (χ1v) is 6.28. The zero-order chi connectivity index (χ0) is 15.3. The van der Waals surface area contributed by atoms with Gasteiger partial charge >= 0.3 is 6.18 Å². The molecule has 0 radical (unpaired) electrons. The quantitative estimate of drug-likeness (QED) is 0.872. The Bertz CT molecular complexity index is 492. The van der Waals surface area contributed by atoms with E-state index in [4.69, 9.17) is 10.4 Å². The summed E-state index contributed by atoms with van der Waals surface area (Å²) < 4.78 is 38.5. The van der Waals surface area contributed by atoms with Crippen LogP contribution in [0.15, 0.2) is 18.2 Å². The molecule has 0 aliphatic heterocycles. The number of anilines is 1. The maximum absolute atomic E-state index is 12.8. The van der Waals surface area contributed by atoms with Crippen molar-refractivity contribution >= 4 is 5.69 Å². The van der Waals surface area contributed by atoms with E-state index in [0.717, 1.165) is 12.1 Å². The lowest BCUT2D eigenvalue weighted by Gasteiger charge is -2.23. The van der Waals surface area contributed by atoms with Crippen LogP contribution in [0.4, 0.5) is 18.9 Å². The molecule has 0 bridgehead atoms. The Balaban J connectivity index is 3.06. The van der Waals surface area contributed by atoms with Crippen LogP contribution in [0.1, 0.15) is 31.4 Å². The molecule has 0 aliphatic rings. The van der Waals surface area contributed by atoms with E-state index < -0.39 is 17.3 Å². The van der Waals surface area contributed by atoms with Gasteiger partial charge in [-0.2, -0.15) is 18.4 Å². The van der Waals surface area contributed by atoms with Gasteiger partial charge in [0.05, 0.1) is 17.2 Å². The van der Waals surface area contributed by atoms with Gasteiger partial charge in [0.1, 0.15) is 0 Å². The monoisotopic (exact) mass is 286 g/mol. The van der Waals surface area contributed by atoms with Gasteiger partial charge in [0.15, 0.2) is 0 Å². The van der Waals surface area contributed by atoms with E-state index in [2.05, 4.69) is 5.32 Å². The summed E-state index contributed by atoms with van der Waals surface area (Å²) in [5.74, 6) is 0.159. The van der Waals surface area contributed by atoms with Gasteiger partial charge in [-0.05, 0) is 30.5 Å². The molecule has 0 spiro atoms. The summed E-state index contributed by atoms with van der Waals surface area (Å²) in [7, 11) is 0. The number of hydrogen-bond acceptors (Lipinski definition) is 3. The number of aliphatic hydroxyl groups is 1. The number of benzene rings is 1. The standard InChI is InChI=1S/C14H17F3N2O/c1-9(2)13(5-6-20)19-11-4-3-10(8-18)12(7-11)14(15,16)17/h3-4,7,9,13,19-20H,5-6H2,1-2H3/t13-/m1/s1. The lowest BCUT2D eigenvalue weighted by atomic mass is 10.00. The fourth-order valence-corrected chi connectivity index (χ4v) is 1.89. The summed E-state index contributed by atoms with van der Waals surface area (Å²) in [6.07, 6.45) is -4.12. The highest BCUT2D eigenvalue weighted by Crippen LogP contribution is 2.33. The first kappa shape index (κ1) is 16.3. The average Bonchev–Trinajstić information content (AvgIpc) is 2.37. The second kappa shape index (κ2) is 6.62. The molecule has 20 heavy (non-hydrogen) atoms. The molecule has 3 nitrogen and oxygen atoms in total. The second-order valence-corrected chi connectivity index (χ2v) is 4.88. The Morgan fingerprint density at radius 1 is 1.35 bits per heavy atom. The molecule has 0 aromatic heterocycles. The van der Waals surface area contributed by atoms with Crippen molar-refractivity contribution in [2.45, 2.75) is 32.5 Å². The van der Waals surface area contributed by atoms with Crippen LogP contribution in [0.2, 0.25) is 0 Å². The number of rotatable bonds is 5. The number of aliphatic hydroxyl groups excluding tert-OH is 1. The van der Waals surface area contributed by atoms with E-state index in [1.165, 1.54) is 6.07 Å². The second-order valence-electron chi connectivity index (χ2n) is 4.88. The molecular formula is C14H17F3N2O. The molecule has 1 aromatic rings. The van der Waals surface area contributed by atoms with E-state index in [0.29, 0.717) is 12.1 Å². The SMILES string of the molecule is CC(C)[C@@H](CCO)Nc1ccc(C#N)c(C(F)(F)F)c1. The highest BCUT2D eigenvalue weighted by Gasteiger charge is 2.34. The third-order valence-electron chi connectivity index (χ3n) is 3.04. The Hall–Kier alpha value is -1.74. The fraction of sp³-hybridized carbons (Fsp3) is 0.500. The summed E-state index contributed by atoms with van der Waals surface area (Å²) in [5, 5.41) is 20.7. The van der Waals surface area contributed by atoms with Crippen LogP contribution >= 0.6 is 0 Å². The molecule has 110 valence electrons. The number of halogens is 3. The molecule has 0 aliphatic carbocycles. The molecule has 1 atom stereocenters. The van der Waals surface area contributed by atoms with Crippen molar-refractivity contribution in [1.82, 2.24) is 0 Å². The van der Waals surface area contributed by atoms with Crippen LogP contribution in [-0.4, -0.2) is 17.8 Å². The van der Waals surface area contributed by atoms with Gasteiger partial charge in [-0.25, -0.2) is 0 Å². The Morgan fingerprint density at radius 2 is 2.00 bits per heavy atom. The minimum atomic E-state index is -4.56. The Morgan fingerprint density at radius 3 is 2.45 bits per heavy atom. The van der Waals surface area contributed by atoms with E-state index in [1.54, 1.807) is 6.07 Å². The largest absolute Gasteiger partial charge is 0.417 e. The van der Waals surface area contributed by atoms with Crippen molar-refractivity contribution in [3.05, 3.63) is 29.3 Å². The number of nitriles is 1.